The molecule has 41 heavy (non-hydrogen) atoms. The third-order valence-corrected chi connectivity index (χ3v) is 9.70. The van der Waals surface area contributed by atoms with Crippen LogP contribution in [0.2, 0.25) is 0 Å². The summed E-state index contributed by atoms with van der Waals surface area (Å²) in [5, 5.41) is 0. The molecule has 218 valence electrons. The van der Waals surface area contributed by atoms with Gasteiger partial charge >= 0.3 is 0 Å². The number of halogens is 4. The summed E-state index contributed by atoms with van der Waals surface area (Å²) < 4.78 is 60.4. The van der Waals surface area contributed by atoms with Crippen LogP contribution in [0.3, 0.4) is 0 Å². The number of hydrogen-bond acceptors (Lipinski definition) is 0. The molecule has 0 unspecified atom stereocenters. The Hall–Kier alpha value is -2.88. The molecule has 0 spiro atoms. The summed E-state index contributed by atoms with van der Waals surface area (Å²) in [5.74, 6) is -0.879. The van der Waals surface area contributed by atoms with Gasteiger partial charge in [-0.25, -0.2) is 17.6 Å². The highest BCUT2D eigenvalue weighted by molar-refractivity contribution is 5.71. The predicted molar refractivity (Wildman–Crippen MR) is 161 cm³/mol. The molecule has 5 rings (SSSR count). The molecule has 0 radical (unpaired) electrons. The molecular weight excluding hydrogens is 520 g/mol. The van der Waals surface area contributed by atoms with Crippen LogP contribution in [0, 0.1) is 41.0 Å². The maximum absolute atomic E-state index is 15.4. The highest BCUT2D eigenvalue weighted by atomic mass is 19.2. The van der Waals surface area contributed by atoms with Crippen molar-refractivity contribution in [2.24, 2.45) is 17.8 Å². The molecule has 0 aromatic heterocycles. The van der Waals surface area contributed by atoms with Crippen molar-refractivity contribution in [1.82, 2.24) is 0 Å². The predicted octanol–water partition coefficient (Wildman–Crippen LogP) is 11.6. The second-order valence-corrected chi connectivity index (χ2v) is 12.4. The first-order chi connectivity index (χ1) is 19.9. The van der Waals surface area contributed by atoms with E-state index in [1.807, 2.05) is 19.1 Å². The first-order valence-electron chi connectivity index (χ1n) is 15.6. The number of rotatable bonds is 8. The molecule has 2 aliphatic rings. The number of allylic oxidation sites excluding steroid dienone is 2. The van der Waals surface area contributed by atoms with Gasteiger partial charge < -0.3 is 0 Å². The Labute approximate surface area is 242 Å². The number of benzene rings is 3. The van der Waals surface area contributed by atoms with Crippen molar-refractivity contribution >= 4 is 0 Å². The van der Waals surface area contributed by atoms with Gasteiger partial charge in [-0.1, -0.05) is 87.4 Å². The molecule has 0 aliphatic heterocycles. The lowest BCUT2D eigenvalue weighted by atomic mass is 9.68. The molecule has 0 heterocycles. The third kappa shape index (κ3) is 6.63. The fourth-order valence-corrected chi connectivity index (χ4v) is 7.12. The Morgan fingerprint density at radius 1 is 0.610 bits per heavy atom. The van der Waals surface area contributed by atoms with Gasteiger partial charge in [0.1, 0.15) is 0 Å². The fourth-order valence-electron chi connectivity index (χ4n) is 7.12. The Morgan fingerprint density at radius 2 is 1.15 bits per heavy atom. The molecule has 0 nitrogen and oxygen atoms in total. The van der Waals surface area contributed by atoms with E-state index in [2.05, 4.69) is 6.92 Å². The topological polar surface area (TPSA) is 0 Å². The Kier molecular flexibility index (Phi) is 9.68. The molecule has 3 aromatic carbocycles. The minimum Gasteiger partial charge on any atom is -0.203 e. The van der Waals surface area contributed by atoms with Crippen molar-refractivity contribution in [2.75, 3.05) is 0 Å². The van der Waals surface area contributed by atoms with E-state index < -0.39 is 23.3 Å². The van der Waals surface area contributed by atoms with Gasteiger partial charge in [0.25, 0.3) is 0 Å². The highest BCUT2D eigenvalue weighted by Gasteiger charge is 2.32. The fraction of sp³-hybridized carbons (Fsp3) is 0.459. The van der Waals surface area contributed by atoms with Gasteiger partial charge in [0.05, 0.1) is 0 Å². The largest absolute Gasteiger partial charge is 0.203 e. The summed E-state index contributed by atoms with van der Waals surface area (Å²) in [5.41, 5.74) is 2.17. The van der Waals surface area contributed by atoms with E-state index in [-0.39, 0.29) is 17.0 Å². The van der Waals surface area contributed by atoms with E-state index in [4.69, 9.17) is 0 Å². The van der Waals surface area contributed by atoms with Crippen LogP contribution >= 0.6 is 0 Å². The summed E-state index contributed by atoms with van der Waals surface area (Å²) in [6.45, 7) is 4.37. The molecule has 3 aromatic rings. The van der Waals surface area contributed by atoms with Gasteiger partial charge in [0, 0.05) is 11.1 Å². The van der Waals surface area contributed by atoms with Crippen LogP contribution in [0.4, 0.5) is 17.6 Å². The number of aryl methyl sites for hydroxylation is 1. The average molecular weight is 563 g/mol. The third-order valence-electron chi connectivity index (χ3n) is 9.70. The molecule has 2 aliphatic carbocycles. The quantitative estimate of drug-likeness (QED) is 0.189. The SMILES string of the molecule is CC/C=C/CCc1ccc(-c2ccc(-c3ccc(C4CCC(C5CCC(C)CC5)CC4)c(F)c3F)cc2)c(F)c1F. The zero-order valence-electron chi connectivity index (χ0n) is 24.4. The molecule has 0 atom stereocenters. The average Bonchev–Trinajstić information content (AvgIpc) is 2.99. The van der Waals surface area contributed by atoms with E-state index in [0.29, 0.717) is 35.1 Å². The van der Waals surface area contributed by atoms with E-state index in [9.17, 15) is 8.78 Å². The first-order valence-corrected chi connectivity index (χ1v) is 15.6. The van der Waals surface area contributed by atoms with Crippen molar-refractivity contribution in [1.29, 1.82) is 0 Å². The van der Waals surface area contributed by atoms with Crippen LogP contribution in [0.25, 0.3) is 22.3 Å². The maximum Gasteiger partial charge on any atom is 0.166 e. The van der Waals surface area contributed by atoms with Gasteiger partial charge in [-0.05, 0) is 104 Å². The van der Waals surface area contributed by atoms with Crippen molar-refractivity contribution in [3.63, 3.8) is 0 Å². The lowest BCUT2D eigenvalue weighted by Gasteiger charge is -2.37. The van der Waals surface area contributed by atoms with Crippen molar-refractivity contribution in [2.45, 2.75) is 90.4 Å². The molecule has 0 saturated heterocycles. The summed E-state index contributed by atoms with van der Waals surface area (Å²) in [6.07, 6.45) is 15.3. The summed E-state index contributed by atoms with van der Waals surface area (Å²) >= 11 is 0. The summed E-state index contributed by atoms with van der Waals surface area (Å²) in [4.78, 5) is 0. The van der Waals surface area contributed by atoms with Gasteiger partial charge in [-0.15, -0.1) is 0 Å². The highest BCUT2D eigenvalue weighted by Crippen LogP contribution is 2.45. The van der Waals surface area contributed by atoms with Crippen LogP contribution < -0.4 is 0 Å². The first kappa shape index (κ1) is 29.6. The second kappa shape index (κ2) is 13.4. The molecule has 2 fully saturated rings. The Bertz CT molecular complexity index is 1340. The smallest absolute Gasteiger partial charge is 0.166 e. The molecule has 0 N–H and O–H groups in total. The van der Waals surface area contributed by atoms with Crippen LogP contribution in [0.15, 0.2) is 60.7 Å². The standard InChI is InChI=1S/C37H42F4/c1-3-4-5-6-7-30-20-21-31(35(39)34(30)38)28-16-18-29(19-17-28)33-23-22-32(36(40)37(33)41)27-14-12-26(13-15-27)25-10-8-24(2)9-11-25/h4-5,16-27H,3,6-15H2,1-2H3/b5-4+. The second-order valence-electron chi connectivity index (χ2n) is 12.4. The molecule has 2 saturated carbocycles. The monoisotopic (exact) mass is 562 g/mol. The lowest BCUT2D eigenvalue weighted by Crippen LogP contribution is -2.25. The van der Waals surface area contributed by atoms with Crippen LogP contribution in [0.1, 0.15) is 95.1 Å². The van der Waals surface area contributed by atoms with E-state index >= 15 is 8.78 Å². The normalized spacial score (nSPS) is 23.3. The Morgan fingerprint density at radius 3 is 1.73 bits per heavy atom. The zero-order chi connectivity index (χ0) is 28.9. The Balaban J connectivity index is 1.27. The summed E-state index contributed by atoms with van der Waals surface area (Å²) in [7, 11) is 0. The zero-order valence-corrected chi connectivity index (χ0v) is 24.4. The molecular formula is C37H42F4. The minimum absolute atomic E-state index is 0.0585. The molecule has 0 amide bonds. The maximum atomic E-state index is 15.4. The van der Waals surface area contributed by atoms with E-state index in [0.717, 1.165) is 49.9 Å². The minimum atomic E-state index is -0.885. The van der Waals surface area contributed by atoms with E-state index in [1.165, 1.54) is 25.7 Å². The summed E-state index contributed by atoms with van der Waals surface area (Å²) in [6, 6.07) is 13.2. The molecule has 0 bridgehead atoms. The van der Waals surface area contributed by atoms with Crippen molar-refractivity contribution < 1.29 is 17.6 Å². The van der Waals surface area contributed by atoms with Crippen LogP contribution in [-0.2, 0) is 6.42 Å². The number of hydrogen-bond donors (Lipinski definition) is 0. The van der Waals surface area contributed by atoms with Crippen molar-refractivity contribution in [3.05, 3.63) is 95.1 Å². The van der Waals surface area contributed by atoms with Crippen LogP contribution in [-0.4, -0.2) is 0 Å². The lowest BCUT2D eigenvalue weighted by molar-refractivity contribution is 0.164. The van der Waals surface area contributed by atoms with Gasteiger partial charge in [0.15, 0.2) is 23.3 Å². The van der Waals surface area contributed by atoms with Crippen molar-refractivity contribution in [3.8, 4) is 22.3 Å². The van der Waals surface area contributed by atoms with Crippen LogP contribution in [0.5, 0.6) is 0 Å². The molecule has 4 heteroatoms. The van der Waals surface area contributed by atoms with E-state index in [1.54, 1.807) is 48.5 Å². The van der Waals surface area contributed by atoms with Gasteiger partial charge in [-0.2, -0.15) is 0 Å². The van der Waals surface area contributed by atoms with Gasteiger partial charge in [0.2, 0.25) is 0 Å². The van der Waals surface area contributed by atoms with Gasteiger partial charge in [-0.3, -0.25) is 0 Å².